The highest BCUT2D eigenvalue weighted by atomic mass is 35.5. The zero-order valence-electron chi connectivity index (χ0n) is 10.8. The van der Waals surface area contributed by atoms with Crippen LogP contribution in [0.3, 0.4) is 0 Å². The van der Waals surface area contributed by atoms with Crippen LogP contribution in [0.4, 0.5) is 0 Å². The first-order valence-electron chi connectivity index (χ1n) is 6.00. The van der Waals surface area contributed by atoms with Crippen molar-refractivity contribution in [3.05, 3.63) is 28.8 Å². The lowest BCUT2D eigenvalue weighted by atomic mass is 10.1. The number of hydrogen-bond donors (Lipinski definition) is 1. The van der Waals surface area contributed by atoms with Gasteiger partial charge in [-0.25, -0.2) is 4.79 Å². The highest BCUT2D eigenvalue weighted by Gasteiger charge is 2.31. The van der Waals surface area contributed by atoms with Crippen LogP contribution >= 0.6 is 11.6 Å². The molecule has 1 fully saturated rings. The van der Waals surface area contributed by atoms with E-state index in [2.05, 4.69) is 4.74 Å². The third-order valence-corrected chi connectivity index (χ3v) is 3.24. The molecule has 0 aromatic heterocycles. The van der Waals surface area contributed by atoms with Crippen molar-refractivity contribution in [3.63, 3.8) is 0 Å². The van der Waals surface area contributed by atoms with Gasteiger partial charge in [0.2, 0.25) is 0 Å². The fraction of sp³-hybridized carbons (Fsp3) is 0.385. The molecule has 1 aliphatic rings. The largest absolute Gasteiger partial charge is 0.507 e. The molecule has 0 spiro atoms. The number of phenols is 1. The normalized spacial score (nSPS) is 18.7. The average molecular weight is 300 g/mol. The summed E-state index contributed by atoms with van der Waals surface area (Å²) >= 11 is 5.72. The van der Waals surface area contributed by atoms with Crippen molar-refractivity contribution in [1.29, 1.82) is 0 Å². The number of nitrogens with zero attached hydrogens (tertiary/aromatic N) is 1. The molecule has 0 bridgehead atoms. The van der Waals surface area contributed by atoms with Gasteiger partial charge in [0.25, 0.3) is 5.91 Å². The molecule has 1 aromatic rings. The lowest BCUT2D eigenvalue weighted by Gasteiger charge is -2.31. The number of halogens is 1. The molecule has 1 saturated heterocycles. The number of benzene rings is 1. The van der Waals surface area contributed by atoms with Crippen molar-refractivity contribution in [2.75, 3.05) is 26.8 Å². The van der Waals surface area contributed by atoms with E-state index in [0.717, 1.165) is 0 Å². The van der Waals surface area contributed by atoms with Crippen molar-refractivity contribution in [1.82, 2.24) is 4.90 Å². The fourth-order valence-corrected chi connectivity index (χ4v) is 2.13. The van der Waals surface area contributed by atoms with Crippen LogP contribution in [0, 0.1) is 0 Å². The molecule has 1 atom stereocenters. The van der Waals surface area contributed by atoms with Gasteiger partial charge in [0, 0.05) is 11.6 Å². The van der Waals surface area contributed by atoms with Crippen molar-refractivity contribution in [3.8, 4) is 5.75 Å². The number of methoxy groups -OCH3 is 1. The second-order valence-corrected chi connectivity index (χ2v) is 4.73. The summed E-state index contributed by atoms with van der Waals surface area (Å²) in [4.78, 5) is 25.2. The van der Waals surface area contributed by atoms with Crippen LogP contribution in [0.15, 0.2) is 18.2 Å². The molecule has 0 radical (unpaired) electrons. The molecule has 2 rings (SSSR count). The van der Waals surface area contributed by atoms with Gasteiger partial charge >= 0.3 is 5.97 Å². The van der Waals surface area contributed by atoms with Gasteiger partial charge in [-0.2, -0.15) is 0 Å². The highest BCUT2D eigenvalue weighted by molar-refractivity contribution is 6.30. The molecule has 1 aliphatic heterocycles. The number of carbonyl (C=O) groups is 2. The zero-order chi connectivity index (χ0) is 14.7. The smallest absolute Gasteiger partial charge is 0.336 e. The van der Waals surface area contributed by atoms with E-state index in [1.54, 1.807) is 0 Å². The monoisotopic (exact) mass is 299 g/mol. The second-order valence-electron chi connectivity index (χ2n) is 4.30. The Morgan fingerprint density at radius 3 is 2.90 bits per heavy atom. The molecule has 7 heteroatoms. The lowest BCUT2D eigenvalue weighted by Crippen LogP contribution is -2.48. The number of carbonyl (C=O) groups excluding carboxylic acids is 2. The molecule has 1 amide bonds. The Kier molecular flexibility index (Phi) is 4.46. The van der Waals surface area contributed by atoms with Crippen LogP contribution in [0.1, 0.15) is 10.4 Å². The third-order valence-electron chi connectivity index (χ3n) is 3.01. The number of amides is 1. The van der Waals surface area contributed by atoms with Crippen LogP contribution < -0.4 is 0 Å². The Hall–Kier alpha value is -1.79. The van der Waals surface area contributed by atoms with E-state index in [0.29, 0.717) is 11.6 Å². The molecular formula is C13H14ClNO5. The maximum absolute atomic E-state index is 12.3. The van der Waals surface area contributed by atoms with Gasteiger partial charge in [0.1, 0.15) is 5.75 Å². The van der Waals surface area contributed by atoms with Gasteiger partial charge in [0.15, 0.2) is 6.10 Å². The summed E-state index contributed by atoms with van der Waals surface area (Å²) in [7, 11) is 1.26. The summed E-state index contributed by atoms with van der Waals surface area (Å²) in [5.41, 5.74) is 0.139. The molecule has 0 aliphatic carbocycles. The van der Waals surface area contributed by atoms with E-state index in [4.69, 9.17) is 16.3 Å². The fourth-order valence-electron chi connectivity index (χ4n) is 1.96. The number of aromatic hydroxyl groups is 1. The Labute approximate surface area is 120 Å². The number of ether oxygens (including phenoxy) is 2. The third kappa shape index (κ3) is 3.02. The number of phenolic OH excluding ortho intramolecular Hbond substituents is 1. The van der Waals surface area contributed by atoms with Crippen molar-refractivity contribution in [2.45, 2.75) is 6.10 Å². The number of hydrogen-bond acceptors (Lipinski definition) is 5. The van der Waals surface area contributed by atoms with E-state index in [1.807, 2.05) is 0 Å². The summed E-state index contributed by atoms with van der Waals surface area (Å²) in [6.45, 7) is 0.668. The number of rotatable bonds is 2. The maximum atomic E-state index is 12.3. The van der Waals surface area contributed by atoms with Gasteiger partial charge in [0.05, 0.1) is 25.8 Å². The van der Waals surface area contributed by atoms with E-state index in [-0.39, 0.29) is 30.4 Å². The van der Waals surface area contributed by atoms with Crippen LogP contribution in [0.5, 0.6) is 5.75 Å². The van der Waals surface area contributed by atoms with E-state index in [1.165, 1.54) is 30.2 Å². The summed E-state index contributed by atoms with van der Waals surface area (Å²) in [6, 6.07) is 4.27. The Morgan fingerprint density at radius 1 is 1.50 bits per heavy atom. The summed E-state index contributed by atoms with van der Waals surface area (Å²) in [6.07, 6.45) is -0.799. The molecule has 6 nitrogen and oxygen atoms in total. The van der Waals surface area contributed by atoms with Gasteiger partial charge in [-0.15, -0.1) is 0 Å². The SMILES string of the molecule is COC(=O)C1CN(C(=O)c2ccc(Cl)cc2O)CCO1. The standard InChI is InChI=1S/C13H14ClNO5/c1-19-13(18)11-7-15(4-5-20-11)12(17)9-3-2-8(14)6-10(9)16/h2-3,6,11,16H,4-5,7H2,1H3. The highest BCUT2D eigenvalue weighted by Crippen LogP contribution is 2.24. The van der Waals surface area contributed by atoms with Gasteiger partial charge in [-0.3, -0.25) is 4.79 Å². The molecular weight excluding hydrogens is 286 g/mol. The van der Waals surface area contributed by atoms with Crippen LogP contribution in [-0.4, -0.2) is 54.8 Å². The first-order chi connectivity index (χ1) is 9.52. The molecule has 0 saturated carbocycles. The zero-order valence-corrected chi connectivity index (χ0v) is 11.6. The summed E-state index contributed by atoms with van der Waals surface area (Å²) in [5, 5.41) is 10.1. The van der Waals surface area contributed by atoms with Crippen molar-refractivity contribution < 1.29 is 24.2 Å². The van der Waals surface area contributed by atoms with Crippen LogP contribution in [0.25, 0.3) is 0 Å². The van der Waals surface area contributed by atoms with Gasteiger partial charge in [-0.1, -0.05) is 11.6 Å². The average Bonchev–Trinajstić information content (AvgIpc) is 2.46. The quantitative estimate of drug-likeness (QED) is 0.826. The Balaban J connectivity index is 2.14. The Morgan fingerprint density at radius 2 is 2.25 bits per heavy atom. The van der Waals surface area contributed by atoms with Crippen molar-refractivity contribution in [2.24, 2.45) is 0 Å². The number of esters is 1. The predicted molar refractivity (Wildman–Crippen MR) is 70.8 cm³/mol. The van der Waals surface area contributed by atoms with E-state index < -0.39 is 12.1 Å². The van der Waals surface area contributed by atoms with Crippen LogP contribution in [-0.2, 0) is 14.3 Å². The minimum atomic E-state index is -0.799. The Bertz CT molecular complexity index is 533. The van der Waals surface area contributed by atoms with Gasteiger partial charge < -0.3 is 19.5 Å². The minimum Gasteiger partial charge on any atom is -0.507 e. The van der Waals surface area contributed by atoms with E-state index in [9.17, 15) is 14.7 Å². The van der Waals surface area contributed by atoms with Gasteiger partial charge in [-0.05, 0) is 18.2 Å². The molecule has 1 N–H and O–H groups in total. The molecule has 1 aromatic carbocycles. The minimum absolute atomic E-state index is 0.0908. The van der Waals surface area contributed by atoms with E-state index >= 15 is 0 Å². The predicted octanol–water partition coefficient (Wildman–Crippen LogP) is 1.06. The van der Waals surface area contributed by atoms with Crippen LogP contribution in [0.2, 0.25) is 5.02 Å². The molecule has 108 valence electrons. The summed E-state index contributed by atoms with van der Waals surface area (Å²) < 4.78 is 9.84. The maximum Gasteiger partial charge on any atom is 0.336 e. The molecule has 1 heterocycles. The summed E-state index contributed by atoms with van der Waals surface area (Å²) in [5.74, 6) is -1.09. The second kappa shape index (κ2) is 6.11. The first kappa shape index (κ1) is 14.6. The number of morpholine rings is 1. The lowest BCUT2D eigenvalue weighted by molar-refractivity contribution is -0.158. The molecule has 1 unspecified atom stereocenters. The molecule has 20 heavy (non-hydrogen) atoms. The van der Waals surface area contributed by atoms with Crippen molar-refractivity contribution >= 4 is 23.5 Å². The first-order valence-corrected chi connectivity index (χ1v) is 6.38. The topological polar surface area (TPSA) is 76.1 Å².